The number of carbonyl (C=O) groups excluding carboxylic acids is 2. The minimum Gasteiger partial charge on any atom is -0.293 e. The first-order valence-electron chi connectivity index (χ1n) is 4.68. The van der Waals surface area contributed by atoms with E-state index in [0.29, 0.717) is 4.91 Å². The Morgan fingerprint density at radius 2 is 2.15 bits per heavy atom. The van der Waals surface area contributed by atoms with Crippen LogP contribution in [-0.4, -0.2) is 10.9 Å². The minimum atomic E-state index is -0.00765. The van der Waals surface area contributed by atoms with Crippen LogP contribution in [0.1, 0.15) is 39.0 Å². The molecule has 0 aliphatic carbocycles. The number of thioether (sulfide) groups is 1. The van der Waals surface area contributed by atoms with Gasteiger partial charge in [0.2, 0.25) is 5.12 Å². The molecule has 1 aliphatic heterocycles. The van der Waals surface area contributed by atoms with Crippen LogP contribution in [0.4, 0.5) is 0 Å². The zero-order valence-electron chi connectivity index (χ0n) is 7.84. The van der Waals surface area contributed by atoms with Crippen LogP contribution in [0.25, 0.3) is 0 Å². The number of ketones is 1. The molecule has 0 spiro atoms. The fraction of sp³-hybridized carbons (Fsp3) is 0.600. The Kier molecular flexibility index (Phi) is 4.22. The van der Waals surface area contributed by atoms with Gasteiger partial charge in [-0.2, -0.15) is 0 Å². The topological polar surface area (TPSA) is 34.1 Å². The van der Waals surface area contributed by atoms with Crippen LogP contribution in [0.15, 0.2) is 11.0 Å². The molecule has 0 atom stereocenters. The summed E-state index contributed by atoms with van der Waals surface area (Å²) >= 11 is 1.10. The lowest BCUT2D eigenvalue weighted by molar-refractivity contribution is -0.119. The van der Waals surface area contributed by atoms with Gasteiger partial charge in [0, 0.05) is 0 Å². The fourth-order valence-electron chi connectivity index (χ4n) is 1.22. The number of unbranched alkanes of at least 4 members (excludes halogenated alkanes) is 3. The molecular formula is C10H14O2S. The van der Waals surface area contributed by atoms with E-state index in [0.717, 1.165) is 24.6 Å². The maximum atomic E-state index is 11.1. The van der Waals surface area contributed by atoms with Gasteiger partial charge in [-0.25, -0.2) is 0 Å². The van der Waals surface area contributed by atoms with Crippen molar-refractivity contribution in [1.29, 1.82) is 0 Å². The van der Waals surface area contributed by atoms with Crippen molar-refractivity contribution in [3.63, 3.8) is 0 Å². The lowest BCUT2D eigenvalue weighted by Crippen LogP contribution is -1.91. The standard InChI is InChI=1S/C10H14O2S/c1-2-3-4-5-6-9-8(11)7-10(12)13-9/h6H,2-5,7H2,1H3/b9-6-. The summed E-state index contributed by atoms with van der Waals surface area (Å²) < 4.78 is 0. The lowest BCUT2D eigenvalue weighted by atomic mass is 10.2. The number of hydrogen-bond acceptors (Lipinski definition) is 3. The molecule has 0 saturated carbocycles. The molecule has 72 valence electrons. The van der Waals surface area contributed by atoms with Crippen molar-refractivity contribution in [2.24, 2.45) is 0 Å². The van der Waals surface area contributed by atoms with Gasteiger partial charge in [-0.3, -0.25) is 9.59 Å². The maximum Gasteiger partial charge on any atom is 0.201 e. The van der Waals surface area contributed by atoms with E-state index in [1.807, 2.05) is 6.08 Å². The molecule has 1 saturated heterocycles. The van der Waals surface area contributed by atoms with Gasteiger partial charge in [-0.05, 0) is 24.6 Å². The van der Waals surface area contributed by atoms with Gasteiger partial charge >= 0.3 is 0 Å². The van der Waals surface area contributed by atoms with Crippen molar-refractivity contribution in [3.05, 3.63) is 11.0 Å². The Labute approximate surface area is 82.8 Å². The van der Waals surface area contributed by atoms with Crippen molar-refractivity contribution >= 4 is 22.7 Å². The molecule has 0 unspecified atom stereocenters. The van der Waals surface area contributed by atoms with Gasteiger partial charge in [-0.1, -0.05) is 25.8 Å². The van der Waals surface area contributed by atoms with Gasteiger partial charge in [0.05, 0.1) is 11.3 Å². The molecule has 0 amide bonds. The molecule has 13 heavy (non-hydrogen) atoms. The van der Waals surface area contributed by atoms with Crippen molar-refractivity contribution in [2.75, 3.05) is 0 Å². The maximum absolute atomic E-state index is 11.1. The van der Waals surface area contributed by atoms with Crippen LogP contribution in [0, 0.1) is 0 Å². The summed E-state index contributed by atoms with van der Waals surface area (Å²) in [5.41, 5.74) is 0. The molecule has 0 aromatic carbocycles. The summed E-state index contributed by atoms with van der Waals surface area (Å²) in [6.07, 6.45) is 6.43. The lowest BCUT2D eigenvalue weighted by Gasteiger charge is -1.93. The van der Waals surface area contributed by atoms with Crippen molar-refractivity contribution in [2.45, 2.75) is 39.0 Å². The smallest absolute Gasteiger partial charge is 0.201 e. The largest absolute Gasteiger partial charge is 0.293 e. The zero-order chi connectivity index (χ0) is 9.68. The average molecular weight is 198 g/mol. The average Bonchev–Trinajstić information content (AvgIpc) is 2.39. The third kappa shape index (κ3) is 3.35. The molecule has 1 aliphatic rings. The third-order valence-electron chi connectivity index (χ3n) is 1.94. The SMILES string of the molecule is CCCCC/C=C1\SC(=O)CC1=O. The van der Waals surface area contributed by atoms with E-state index in [-0.39, 0.29) is 17.3 Å². The number of Topliss-reactive ketones (excluding diaryl/α,β-unsaturated/α-hetero) is 1. The second-order valence-corrected chi connectivity index (χ2v) is 4.24. The predicted octanol–water partition coefficient (Wildman–Crippen LogP) is 2.68. The quantitative estimate of drug-likeness (QED) is 0.395. The normalized spacial score (nSPS) is 20.2. The Bertz CT molecular complexity index is 243. The molecule has 1 fully saturated rings. The van der Waals surface area contributed by atoms with Crippen molar-refractivity contribution in [1.82, 2.24) is 0 Å². The summed E-state index contributed by atoms with van der Waals surface area (Å²) in [6.45, 7) is 2.14. The van der Waals surface area contributed by atoms with Crippen LogP contribution in [0.3, 0.4) is 0 Å². The van der Waals surface area contributed by atoms with Crippen LogP contribution < -0.4 is 0 Å². The van der Waals surface area contributed by atoms with Crippen molar-refractivity contribution in [3.8, 4) is 0 Å². The fourth-order valence-corrected chi connectivity index (χ4v) is 2.05. The highest BCUT2D eigenvalue weighted by Gasteiger charge is 2.25. The highest BCUT2D eigenvalue weighted by Crippen LogP contribution is 2.29. The van der Waals surface area contributed by atoms with E-state index in [4.69, 9.17) is 0 Å². The summed E-state index contributed by atoms with van der Waals surface area (Å²) in [4.78, 5) is 22.7. The number of hydrogen-bond donors (Lipinski definition) is 0. The first-order chi connectivity index (χ1) is 6.24. The number of carbonyl (C=O) groups is 2. The van der Waals surface area contributed by atoms with E-state index in [2.05, 4.69) is 6.92 Å². The van der Waals surface area contributed by atoms with Crippen LogP contribution in [0.5, 0.6) is 0 Å². The molecule has 2 nitrogen and oxygen atoms in total. The first-order valence-corrected chi connectivity index (χ1v) is 5.49. The van der Waals surface area contributed by atoms with Gasteiger partial charge in [0.25, 0.3) is 0 Å². The van der Waals surface area contributed by atoms with Gasteiger partial charge in [0.15, 0.2) is 5.78 Å². The number of rotatable bonds is 4. The molecule has 0 N–H and O–H groups in total. The molecule has 1 heterocycles. The molecule has 3 heteroatoms. The molecule has 0 aromatic rings. The summed E-state index contributed by atoms with van der Waals surface area (Å²) in [5, 5.41) is -0.00765. The summed E-state index contributed by atoms with van der Waals surface area (Å²) in [5.74, 6) is 0.00602. The van der Waals surface area contributed by atoms with E-state index in [9.17, 15) is 9.59 Å². The van der Waals surface area contributed by atoms with Crippen LogP contribution >= 0.6 is 11.8 Å². The Morgan fingerprint density at radius 1 is 1.38 bits per heavy atom. The van der Waals surface area contributed by atoms with Crippen LogP contribution in [0.2, 0.25) is 0 Å². The van der Waals surface area contributed by atoms with Gasteiger partial charge in [-0.15, -0.1) is 0 Å². The van der Waals surface area contributed by atoms with E-state index < -0.39 is 0 Å². The third-order valence-corrected chi connectivity index (χ3v) is 2.93. The Hall–Kier alpha value is -0.570. The second-order valence-electron chi connectivity index (χ2n) is 3.14. The van der Waals surface area contributed by atoms with Gasteiger partial charge < -0.3 is 0 Å². The predicted molar refractivity (Wildman–Crippen MR) is 54.4 cm³/mol. The van der Waals surface area contributed by atoms with Crippen molar-refractivity contribution < 1.29 is 9.59 Å². The summed E-state index contributed by atoms with van der Waals surface area (Å²) in [7, 11) is 0. The van der Waals surface area contributed by atoms with E-state index >= 15 is 0 Å². The monoisotopic (exact) mass is 198 g/mol. The van der Waals surface area contributed by atoms with E-state index in [1.165, 1.54) is 12.8 Å². The summed E-state index contributed by atoms with van der Waals surface area (Å²) in [6, 6.07) is 0. The number of allylic oxidation sites excluding steroid dienone is 2. The molecule has 0 bridgehead atoms. The zero-order valence-corrected chi connectivity index (χ0v) is 8.65. The van der Waals surface area contributed by atoms with E-state index in [1.54, 1.807) is 0 Å². The minimum absolute atomic E-state index is 0.00602. The second kappa shape index (κ2) is 5.22. The Balaban J connectivity index is 2.34. The molecular weight excluding hydrogens is 184 g/mol. The first kappa shape index (κ1) is 10.5. The molecule has 1 rings (SSSR count). The van der Waals surface area contributed by atoms with Crippen LogP contribution in [-0.2, 0) is 9.59 Å². The molecule has 0 radical (unpaired) electrons. The molecule has 0 aromatic heterocycles. The highest BCUT2D eigenvalue weighted by molar-refractivity contribution is 8.18. The Morgan fingerprint density at radius 3 is 2.69 bits per heavy atom. The highest BCUT2D eigenvalue weighted by atomic mass is 32.2. The van der Waals surface area contributed by atoms with Gasteiger partial charge in [0.1, 0.15) is 0 Å².